The molecule has 0 unspecified atom stereocenters. The number of fused-ring (bicyclic) bond motifs is 3. The molecule has 1 spiro atoms. The minimum absolute atomic E-state index is 0.149. The summed E-state index contributed by atoms with van der Waals surface area (Å²) in [6, 6.07) is 0.941. The summed E-state index contributed by atoms with van der Waals surface area (Å²) in [5, 5.41) is 0. The van der Waals surface area contributed by atoms with E-state index in [2.05, 4.69) is 17.1 Å². The Morgan fingerprint density at radius 3 is 3.40 bits per heavy atom. The van der Waals surface area contributed by atoms with Crippen molar-refractivity contribution in [2.45, 2.75) is 36.9 Å². The molecular weight excluding hydrogens is 190 g/mol. The number of carbonyl (C=O) groups excluding carboxylic acids is 1. The van der Waals surface area contributed by atoms with Crippen LogP contribution in [0.15, 0.2) is 23.8 Å². The van der Waals surface area contributed by atoms with Crippen molar-refractivity contribution in [3.63, 3.8) is 0 Å². The van der Waals surface area contributed by atoms with E-state index in [4.69, 9.17) is 4.74 Å². The van der Waals surface area contributed by atoms with Crippen molar-refractivity contribution in [3.8, 4) is 0 Å². The van der Waals surface area contributed by atoms with Gasteiger partial charge in [-0.15, -0.1) is 0 Å². The predicted molar refractivity (Wildman–Crippen MR) is 54.2 cm³/mol. The summed E-state index contributed by atoms with van der Waals surface area (Å²) in [6.07, 6.45) is 9.39. The van der Waals surface area contributed by atoms with Gasteiger partial charge in [0.05, 0.1) is 6.04 Å². The van der Waals surface area contributed by atoms with E-state index in [0.29, 0.717) is 12.1 Å². The SMILES string of the molecule is O=C1C=C2C=C[C@H]3C[C@]2(O1)[C@@H]1CCCN13. The highest BCUT2D eigenvalue weighted by atomic mass is 16.6. The van der Waals surface area contributed by atoms with Gasteiger partial charge in [-0.25, -0.2) is 4.79 Å². The molecule has 2 saturated heterocycles. The summed E-state index contributed by atoms with van der Waals surface area (Å²) < 4.78 is 5.63. The largest absolute Gasteiger partial charge is 0.449 e. The Bertz CT molecular complexity index is 412. The minimum atomic E-state index is -0.271. The van der Waals surface area contributed by atoms with Crippen molar-refractivity contribution in [1.82, 2.24) is 4.90 Å². The zero-order chi connectivity index (χ0) is 10.0. The van der Waals surface area contributed by atoms with Gasteiger partial charge in [0.2, 0.25) is 0 Å². The van der Waals surface area contributed by atoms with Crippen LogP contribution in [0, 0.1) is 0 Å². The van der Waals surface area contributed by atoms with Crippen molar-refractivity contribution in [2.75, 3.05) is 6.54 Å². The van der Waals surface area contributed by atoms with Gasteiger partial charge in [0.15, 0.2) is 5.60 Å². The monoisotopic (exact) mass is 203 g/mol. The van der Waals surface area contributed by atoms with E-state index < -0.39 is 0 Å². The van der Waals surface area contributed by atoms with Crippen LogP contribution in [-0.4, -0.2) is 35.1 Å². The second kappa shape index (κ2) is 2.35. The van der Waals surface area contributed by atoms with Crippen LogP contribution in [-0.2, 0) is 9.53 Å². The summed E-state index contributed by atoms with van der Waals surface area (Å²) in [5.74, 6) is -0.149. The number of carbonyl (C=O) groups is 1. The Hall–Kier alpha value is -1.09. The molecule has 3 heteroatoms. The molecule has 0 saturated carbocycles. The second-order valence-corrected chi connectivity index (χ2v) is 4.94. The number of rotatable bonds is 0. The third kappa shape index (κ3) is 0.797. The highest BCUT2D eigenvalue weighted by Crippen LogP contribution is 2.51. The van der Waals surface area contributed by atoms with Crippen LogP contribution in [0.2, 0.25) is 0 Å². The van der Waals surface area contributed by atoms with Crippen LogP contribution in [0.4, 0.5) is 0 Å². The van der Waals surface area contributed by atoms with Crippen molar-refractivity contribution < 1.29 is 9.53 Å². The molecule has 78 valence electrons. The fraction of sp³-hybridized carbons (Fsp3) is 0.583. The lowest BCUT2D eigenvalue weighted by Gasteiger charge is -2.31. The maximum absolute atomic E-state index is 11.4. The van der Waals surface area contributed by atoms with Crippen LogP contribution in [0.5, 0.6) is 0 Å². The fourth-order valence-corrected chi connectivity index (χ4v) is 3.77. The van der Waals surface area contributed by atoms with E-state index in [1.54, 1.807) is 6.08 Å². The van der Waals surface area contributed by atoms with Gasteiger partial charge in [0, 0.05) is 24.1 Å². The summed E-state index contributed by atoms with van der Waals surface area (Å²) in [7, 11) is 0. The molecule has 2 fully saturated rings. The van der Waals surface area contributed by atoms with Crippen LogP contribution < -0.4 is 0 Å². The smallest absolute Gasteiger partial charge is 0.332 e. The first kappa shape index (κ1) is 8.11. The first-order valence-corrected chi connectivity index (χ1v) is 5.69. The molecule has 3 nitrogen and oxygen atoms in total. The highest BCUT2D eigenvalue weighted by Gasteiger charge is 2.60. The molecule has 3 aliphatic heterocycles. The molecule has 3 heterocycles. The molecule has 0 aromatic carbocycles. The first-order chi connectivity index (χ1) is 7.29. The Kier molecular flexibility index (Phi) is 1.27. The average molecular weight is 203 g/mol. The van der Waals surface area contributed by atoms with E-state index in [9.17, 15) is 4.79 Å². The lowest BCUT2D eigenvalue weighted by molar-refractivity contribution is -0.147. The third-order valence-corrected chi connectivity index (χ3v) is 4.31. The summed E-state index contributed by atoms with van der Waals surface area (Å²) in [4.78, 5) is 13.9. The van der Waals surface area contributed by atoms with Gasteiger partial charge < -0.3 is 4.74 Å². The van der Waals surface area contributed by atoms with Gasteiger partial charge >= 0.3 is 5.97 Å². The Morgan fingerprint density at radius 2 is 2.47 bits per heavy atom. The summed E-state index contributed by atoms with van der Waals surface area (Å²) in [5.41, 5.74) is 0.839. The van der Waals surface area contributed by atoms with Crippen LogP contribution in [0.1, 0.15) is 19.3 Å². The molecule has 4 rings (SSSR count). The maximum atomic E-state index is 11.4. The van der Waals surface area contributed by atoms with Crippen LogP contribution in [0.25, 0.3) is 0 Å². The van der Waals surface area contributed by atoms with Crippen molar-refractivity contribution in [1.29, 1.82) is 0 Å². The van der Waals surface area contributed by atoms with Crippen LogP contribution in [0.3, 0.4) is 0 Å². The maximum Gasteiger partial charge on any atom is 0.332 e. The van der Waals surface area contributed by atoms with Gasteiger partial charge in [0.1, 0.15) is 0 Å². The third-order valence-electron chi connectivity index (χ3n) is 4.31. The molecule has 3 atom stereocenters. The van der Waals surface area contributed by atoms with Gasteiger partial charge in [0.25, 0.3) is 0 Å². The molecule has 0 radical (unpaired) electrons. The molecule has 4 aliphatic rings. The molecule has 0 amide bonds. The number of hydrogen-bond donors (Lipinski definition) is 0. The summed E-state index contributed by atoms with van der Waals surface area (Å²) in [6.45, 7) is 1.16. The molecule has 15 heavy (non-hydrogen) atoms. The number of esters is 1. The van der Waals surface area contributed by atoms with Gasteiger partial charge in [-0.2, -0.15) is 0 Å². The van der Waals surface area contributed by atoms with E-state index >= 15 is 0 Å². The number of nitrogens with zero attached hydrogens (tertiary/aromatic N) is 1. The quantitative estimate of drug-likeness (QED) is 0.550. The highest BCUT2D eigenvalue weighted by molar-refractivity contribution is 5.88. The standard InChI is InChI=1S/C12H13NO2/c14-11-6-8-3-4-9-7-12(8,15-11)10-2-1-5-13(9)10/h3-4,6,9-10H,1-2,5,7H2/t9-,10-,12+/m0/s1. The normalized spacial score (nSPS) is 46.4. The predicted octanol–water partition coefficient (Wildman–Crippen LogP) is 1.01. The van der Waals surface area contributed by atoms with Gasteiger partial charge in [-0.05, 0) is 19.4 Å². The zero-order valence-corrected chi connectivity index (χ0v) is 8.48. The number of hydrogen-bond acceptors (Lipinski definition) is 3. The molecule has 0 aromatic heterocycles. The Balaban J connectivity index is 1.89. The van der Waals surface area contributed by atoms with Crippen LogP contribution >= 0.6 is 0 Å². The number of ether oxygens (including phenoxy) is 1. The zero-order valence-electron chi connectivity index (χ0n) is 8.48. The molecule has 1 aliphatic carbocycles. The molecule has 0 N–H and O–H groups in total. The van der Waals surface area contributed by atoms with Crippen molar-refractivity contribution in [2.24, 2.45) is 0 Å². The van der Waals surface area contributed by atoms with E-state index in [0.717, 1.165) is 18.5 Å². The summed E-state index contributed by atoms with van der Waals surface area (Å²) >= 11 is 0. The fourth-order valence-electron chi connectivity index (χ4n) is 3.77. The van der Waals surface area contributed by atoms with Gasteiger partial charge in [-0.1, -0.05) is 12.2 Å². The molecule has 0 aromatic rings. The van der Waals surface area contributed by atoms with E-state index in [1.165, 1.54) is 12.8 Å². The molecular formula is C12H13NO2. The Labute approximate surface area is 88.4 Å². The van der Waals surface area contributed by atoms with Crippen molar-refractivity contribution in [3.05, 3.63) is 23.8 Å². The lowest BCUT2D eigenvalue weighted by Crippen LogP contribution is -2.42. The average Bonchev–Trinajstić information content (AvgIpc) is 2.82. The van der Waals surface area contributed by atoms with E-state index in [-0.39, 0.29) is 11.6 Å². The molecule has 2 bridgehead atoms. The van der Waals surface area contributed by atoms with Crippen molar-refractivity contribution >= 4 is 5.97 Å². The topological polar surface area (TPSA) is 29.5 Å². The van der Waals surface area contributed by atoms with E-state index in [1.807, 2.05) is 0 Å². The lowest BCUT2D eigenvalue weighted by atomic mass is 9.81. The van der Waals surface area contributed by atoms with Gasteiger partial charge in [-0.3, -0.25) is 4.90 Å². The minimum Gasteiger partial charge on any atom is -0.449 e. The first-order valence-electron chi connectivity index (χ1n) is 5.69. The second-order valence-electron chi connectivity index (χ2n) is 4.94. The Morgan fingerprint density at radius 1 is 1.53 bits per heavy atom.